The van der Waals surface area contributed by atoms with E-state index in [-0.39, 0.29) is 34.7 Å². The van der Waals surface area contributed by atoms with Crippen LogP contribution < -0.4 is 9.64 Å². The Hall–Kier alpha value is -2.78. The molecular weight excluding hydrogens is 519 g/mol. The molecule has 4 rings (SSSR count). The molecular formula is C32H49FN6O2. The summed E-state index contributed by atoms with van der Waals surface area (Å²) >= 11 is 0. The van der Waals surface area contributed by atoms with Crippen molar-refractivity contribution in [2.45, 2.75) is 78.9 Å². The first-order valence-corrected chi connectivity index (χ1v) is 15.2. The first-order valence-electron chi connectivity index (χ1n) is 15.2. The van der Waals surface area contributed by atoms with Crippen molar-refractivity contribution in [3.05, 3.63) is 41.8 Å². The van der Waals surface area contributed by atoms with E-state index in [2.05, 4.69) is 52.8 Å². The maximum absolute atomic E-state index is 14.3. The smallest absolute Gasteiger partial charge is 0.262 e. The number of carbonyl (C=O) groups is 1. The maximum atomic E-state index is 14.3. The van der Waals surface area contributed by atoms with Crippen LogP contribution in [0.4, 0.5) is 10.1 Å². The molecule has 0 N–H and O–H groups in total. The molecule has 1 aromatic carbocycles. The van der Waals surface area contributed by atoms with Gasteiger partial charge in [0.1, 0.15) is 17.3 Å². The lowest BCUT2D eigenvalue weighted by Crippen LogP contribution is -2.62. The van der Waals surface area contributed by atoms with Crippen LogP contribution in [0.1, 0.15) is 71.2 Å². The number of benzene rings is 1. The number of halogens is 1. The van der Waals surface area contributed by atoms with Crippen LogP contribution in [0, 0.1) is 17.2 Å². The Bertz CT molecular complexity index is 1170. The number of rotatable bonds is 12. The Labute approximate surface area is 245 Å². The van der Waals surface area contributed by atoms with Gasteiger partial charge in [-0.05, 0) is 97.8 Å². The zero-order valence-electron chi connectivity index (χ0n) is 26.2. The Morgan fingerprint density at radius 1 is 1.07 bits per heavy atom. The molecule has 9 heteroatoms. The third-order valence-corrected chi connectivity index (χ3v) is 8.59. The molecule has 0 bridgehead atoms. The van der Waals surface area contributed by atoms with Crippen molar-refractivity contribution >= 4 is 11.6 Å². The van der Waals surface area contributed by atoms with E-state index in [0.717, 1.165) is 44.8 Å². The van der Waals surface area contributed by atoms with Crippen molar-refractivity contribution in [3.8, 4) is 11.6 Å². The van der Waals surface area contributed by atoms with Crippen LogP contribution in [0.2, 0.25) is 0 Å². The quantitative estimate of drug-likeness (QED) is 0.333. The van der Waals surface area contributed by atoms with Gasteiger partial charge in [-0.2, -0.15) is 5.10 Å². The topological polar surface area (TPSA) is 65.0 Å². The molecule has 2 aliphatic rings. The van der Waals surface area contributed by atoms with E-state index < -0.39 is 5.82 Å². The molecule has 1 spiro atoms. The van der Waals surface area contributed by atoms with E-state index in [1.165, 1.54) is 31.0 Å². The van der Waals surface area contributed by atoms with E-state index in [4.69, 9.17) is 4.74 Å². The highest BCUT2D eigenvalue weighted by atomic mass is 19.1. The summed E-state index contributed by atoms with van der Waals surface area (Å²) in [6.07, 6.45) is 5.24. The van der Waals surface area contributed by atoms with Crippen molar-refractivity contribution in [2.24, 2.45) is 11.3 Å². The van der Waals surface area contributed by atoms with Gasteiger partial charge >= 0.3 is 0 Å². The molecule has 41 heavy (non-hydrogen) atoms. The number of anilines is 1. The van der Waals surface area contributed by atoms with Crippen LogP contribution in [-0.2, 0) is 0 Å². The lowest BCUT2D eigenvalue weighted by Gasteiger charge is -2.53. The van der Waals surface area contributed by atoms with Crippen LogP contribution in [0.3, 0.4) is 0 Å². The Morgan fingerprint density at radius 3 is 2.41 bits per heavy atom. The van der Waals surface area contributed by atoms with Crippen molar-refractivity contribution < 1.29 is 13.9 Å². The number of likely N-dealkylation sites (tertiary alicyclic amines) is 1. The Balaban J connectivity index is 1.48. The molecule has 2 saturated heterocycles. The minimum atomic E-state index is -0.482. The van der Waals surface area contributed by atoms with Gasteiger partial charge in [0.25, 0.3) is 11.8 Å². The zero-order valence-corrected chi connectivity index (χ0v) is 26.2. The second kappa shape index (κ2) is 13.0. The summed E-state index contributed by atoms with van der Waals surface area (Å²) in [5.41, 5.74) is 1.31. The summed E-state index contributed by atoms with van der Waals surface area (Å²) in [4.78, 5) is 22.5. The normalized spacial score (nSPS) is 17.6. The van der Waals surface area contributed by atoms with Crippen molar-refractivity contribution in [3.63, 3.8) is 0 Å². The molecule has 226 valence electrons. The van der Waals surface area contributed by atoms with E-state index in [9.17, 15) is 9.18 Å². The fraction of sp³-hybridized carbons (Fsp3) is 0.656. The molecule has 0 saturated carbocycles. The molecule has 0 aliphatic carbocycles. The Morgan fingerprint density at radius 2 is 1.78 bits per heavy atom. The van der Waals surface area contributed by atoms with E-state index in [0.29, 0.717) is 17.8 Å². The summed E-state index contributed by atoms with van der Waals surface area (Å²) < 4.78 is 20.6. The lowest BCUT2D eigenvalue weighted by molar-refractivity contribution is -0.0343. The van der Waals surface area contributed by atoms with Gasteiger partial charge in [0.2, 0.25) is 0 Å². The second-order valence-electron chi connectivity index (χ2n) is 13.2. The van der Waals surface area contributed by atoms with E-state index in [1.807, 2.05) is 33.8 Å². The summed E-state index contributed by atoms with van der Waals surface area (Å²) in [6, 6.07) is 6.53. The molecule has 2 aliphatic heterocycles. The summed E-state index contributed by atoms with van der Waals surface area (Å²) in [7, 11) is 4.28. The minimum Gasteiger partial charge on any atom is -0.435 e. The molecule has 2 fully saturated rings. The van der Waals surface area contributed by atoms with Gasteiger partial charge in [-0.15, -0.1) is 5.10 Å². The predicted molar refractivity (Wildman–Crippen MR) is 162 cm³/mol. The molecule has 8 nitrogen and oxygen atoms in total. The third kappa shape index (κ3) is 7.17. The number of aromatic nitrogens is 2. The van der Waals surface area contributed by atoms with Crippen LogP contribution in [-0.4, -0.2) is 95.7 Å². The zero-order chi connectivity index (χ0) is 29.9. The van der Waals surface area contributed by atoms with Gasteiger partial charge in [-0.25, -0.2) is 4.39 Å². The first kappa shape index (κ1) is 31.2. The summed E-state index contributed by atoms with van der Waals surface area (Å²) in [6.45, 7) is 17.7. The molecule has 1 amide bonds. The monoisotopic (exact) mass is 568 g/mol. The second-order valence-corrected chi connectivity index (χ2v) is 13.2. The molecule has 3 heterocycles. The maximum Gasteiger partial charge on any atom is 0.262 e. The number of carbonyl (C=O) groups excluding carboxylic acids is 1. The number of hydrogen-bond donors (Lipinski definition) is 0. The fourth-order valence-corrected chi connectivity index (χ4v) is 6.70. The molecule has 1 atom stereocenters. The van der Waals surface area contributed by atoms with Gasteiger partial charge < -0.3 is 19.4 Å². The minimum absolute atomic E-state index is 0.0446. The van der Waals surface area contributed by atoms with Crippen molar-refractivity contribution in [1.29, 1.82) is 0 Å². The number of amides is 1. The third-order valence-electron chi connectivity index (χ3n) is 8.59. The van der Waals surface area contributed by atoms with Crippen LogP contribution in [0.15, 0.2) is 30.5 Å². The summed E-state index contributed by atoms with van der Waals surface area (Å²) in [5, 5.41) is 8.40. The standard InChI is InChI=1S/C32H49FN6O2/c1-22(2)27(10-9-16-36(7)8)38-20-32(21-38)14-17-37(19-32)28-13-15-34-35-30(28)41-29-12-11-25(33)18-26(29)31(40)39(23(3)4)24(5)6/h11-13,15,18,22-24,27H,9-10,14,16-17,19-21H2,1-8H3/t27-/m1/s1. The largest absolute Gasteiger partial charge is 0.435 e. The highest BCUT2D eigenvalue weighted by Crippen LogP contribution is 2.45. The number of nitrogens with zero attached hydrogens (tertiary/aromatic N) is 6. The average molecular weight is 569 g/mol. The van der Waals surface area contributed by atoms with Gasteiger partial charge in [0, 0.05) is 49.7 Å². The number of hydrogen-bond acceptors (Lipinski definition) is 7. The molecule has 2 aromatic rings. The van der Waals surface area contributed by atoms with Gasteiger partial charge in [0.05, 0.1) is 11.8 Å². The van der Waals surface area contributed by atoms with E-state index in [1.54, 1.807) is 11.1 Å². The predicted octanol–water partition coefficient (Wildman–Crippen LogP) is 5.55. The molecule has 1 aromatic heterocycles. The van der Waals surface area contributed by atoms with Gasteiger partial charge in [0.15, 0.2) is 0 Å². The van der Waals surface area contributed by atoms with Crippen molar-refractivity contribution in [2.75, 3.05) is 51.7 Å². The number of ether oxygens (including phenoxy) is 1. The van der Waals surface area contributed by atoms with Crippen molar-refractivity contribution in [1.82, 2.24) is 24.9 Å². The molecule has 0 unspecified atom stereocenters. The van der Waals surface area contributed by atoms with Crippen LogP contribution in [0.5, 0.6) is 11.6 Å². The highest BCUT2D eigenvalue weighted by Gasteiger charge is 2.50. The van der Waals surface area contributed by atoms with Crippen LogP contribution >= 0.6 is 0 Å². The highest BCUT2D eigenvalue weighted by molar-refractivity contribution is 5.97. The fourth-order valence-electron chi connectivity index (χ4n) is 6.70. The lowest BCUT2D eigenvalue weighted by atomic mass is 9.76. The molecule has 0 radical (unpaired) electrons. The van der Waals surface area contributed by atoms with E-state index >= 15 is 0 Å². The first-order chi connectivity index (χ1) is 19.4. The SMILES string of the molecule is CC(C)[C@@H](CCCN(C)C)N1CC2(CCN(c3ccnnc3Oc3ccc(F)cc3C(=O)N(C(C)C)C(C)C)C2)C1. The average Bonchev–Trinajstić information content (AvgIpc) is 3.32. The van der Waals surface area contributed by atoms with Gasteiger partial charge in [-0.1, -0.05) is 13.8 Å². The van der Waals surface area contributed by atoms with Crippen LogP contribution in [0.25, 0.3) is 0 Å². The van der Waals surface area contributed by atoms with Gasteiger partial charge in [-0.3, -0.25) is 9.69 Å². The summed E-state index contributed by atoms with van der Waals surface area (Å²) in [5.74, 6) is 0.502. The Kier molecular flexibility index (Phi) is 9.90.